The second-order valence-electron chi connectivity index (χ2n) is 10.8. The SMILES string of the molecule is O=C1CC(c2cccc(OCCc3ccc4c(c3)CCO4)c2)c2c(cc(O)c3c(=O)c(O)c(-c4ccc(O)c(O)c4)oc23)O1. The Balaban J connectivity index is 1.26. The van der Waals surface area contributed by atoms with Crippen molar-refractivity contribution in [2.45, 2.75) is 25.2 Å². The van der Waals surface area contributed by atoms with Gasteiger partial charge in [0.05, 0.1) is 19.6 Å². The van der Waals surface area contributed by atoms with Crippen molar-refractivity contribution in [1.29, 1.82) is 0 Å². The summed E-state index contributed by atoms with van der Waals surface area (Å²) in [6, 6.07) is 18.2. The summed E-state index contributed by atoms with van der Waals surface area (Å²) in [6.45, 7) is 1.11. The van der Waals surface area contributed by atoms with E-state index < -0.39 is 40.3 Å². The number of phenols is 3. The van der Waals surface area contributed by atoms with Crippen LogP contribution in [0.25, 0.3) is 22.3 Å². The van der Waals surface area contributed by atoms with E-state index in [9.17, 15) is 30.0 Å². The molecule has 0 radical (unpaired) electrons. The van der Waals surface area contributed by atoms with Gasteiger partial charge in [-0.25, -0.2) is 0 Å². The Hall–Kier alpha value is -5.64. The zero-order valence-electron chi connectivity index (χ0n) is 23.2. The van der Waals surface area contributed by atoms with E-state index in [1.54, 1.807) is 12.1 Å². The molecule has 1 atom stereocenters. The van der Waals surface area contributed by atoms with Crippen molar-refractivity contribution >= 4 is 16.9 Å². The standard InChI is InChI=1S/C34H26O10/c35-23-6-5-20(14-24(23)36)33-32(40)31(39)30-25(37)16-27-29(34(30)44-33)22(15-28(38)43-27)18-2-1-3-21(13-18)41-10-8-17-4-7-26-19(12-17)9-11-42-26/h1-7,12-14,16,22,35-37,40H,8-11,15H2. The molecule has 3 heterocycles. The van der Waals surface area contributed by atoms with Crippen molar-refractivity contribution in [3.63, 3.8) is 0 Å². The lowest BCUT2D eigenvalue weighted by atomic mass is 9.85. The second kappa shape index (κ2) is 10.6. The highest BCUT2D eigenvalue weighted by atomic mass is 16.5. The molecule has 0 bridgehead atoms. The van der Waals surface area contributed by atoms with E-state index in [4.69, 9.17) is 18.6 Å². The summed E-state index contributed by atoms with van der Waals surface area (Å²) in [6.07, 6.45) is 1.49. The molecule has 1 unspecified atom stereocenters. The fourth-order valence-corrected chi connectivity index (χ4v) is 5.83. The molecule has 44 heavy (non-hydrogen) atoms. The predicted molar refractivity (Wildman–Crippen MR) is 158 cm³/mol. The summed E-state index contributed by atoms with van der Waals surface area (Å²) in [7, 11) is 0. The number of carbonyl (C=O) groups excluding carboxylic acids is 1. The summed E-state index contributed by atoms with van der Waals surface area (Å²) in [4.78, 5) is 26.0. The first-order chi connectivity index (χ1) is 21.3. The van der Waals surface area contributed by atoms with Crippen LogP contribution in [0.15, 0.2) is 75.9 Å². The molecule has 0 aliphatic carbocycles. The first-order valence-corrected chi connectivity index (χ1v) is 14.0. The fraction of sp³-hybridized carbons (Fsp3) is 0.176. The molecule has 2 aliphatic heterocycles. The average molecular weight is 595 g/mol. The van der Waals surface area contributed by atoms with E-state index >= 15 is 0 Å². The van der Waals surface area contributed by atoms with Crippen molar-refractivity contribution < 1.29 is 43.8 Å². The van der Waals surface area contributed by atoms with Crippen LogP contribution in [0.4, 0.5) is 0 Å². The number of carbonyl (C=O) groups is 1. The molecule has 10 nitrogen and oxygen atoms in total. The van der Waals surface area contributed by atoms with Crippen LogP contribution in [0.5, 0.6) is 40.2 Å². The third-order valence-electron chi connectivity index (χ3n) is 7.98. The van der Waals surface area contributed by atoms with Gasteiger partial charge in [0.1, 0.15) is 34.0 Å². The first kappa shape index (κ1) is 27.2. The first-order valence-electron chi connectivity index (χ1n) is 14.0. The molecule has 4 aromatic carbocycles. The van der Waals surface area contributed by atoms with Gasteiger partial charge >= 0.3 is 5.97 Å². The van der Waals surface area contributed by atoms with Crippen LogP contribution in [-0.2, 0) is 17.6 Å². The Bertz CT molecular complexity index is 2030. The van der Waals surface area contributed by atoms with Crippen LogP contribution in [-0.4, -0.2) is 39.6 Å². The average Bonchev–Trinajstić information content (AvgIpc) is 3.48. The summed E-state index contributed by atoms with van der Waals surface area (Å²) in [5.74, 6) is -2.20. The maximum atomic E-state index is 13.3. The lowest BCUT2D eigenvalue weighted by Crippen LogP contribution is -2.22. The Morgan fingerprint density at radius 3 is 2.57 bits per heavy atom. The third kappa shape index (κ3) is 4.70. The molecule has 0 spiro atoms. The van der Waals surface area contributed by atoms with Gasteiger partial charge in [-0.05, 0) is 53.1 Å². The monoisotopic (exact) mass is 594 g/mol. The summed E-state index contributed by atoms with van der Waals surface area (Å²) in [5, 5.41) is 40.9. The van der Waals surface area contributed by atoms with Crippen molar-refractivity contribution in [3.05, 3.63) is 99.2 Å². The van der Waals surface area contributed by atoms with Gasteiger partial charge in [-0.1, -0.05) is 24.3 Å². The Morgan fingerprint density at radius 1 is 0.864 bits per heavy atom. The van der Waals surface area contributed by atoms with Gasteiger partial charge in [-0.3, -0.25) is 9.59 Å². The quantitative estimate of drug-likeness (QED) is 0.116. The molecule has 7 rings (SSSR count). The highest BCUT2D eigenvalue weighted by Crippen LogP contribution is 2.47. The molecular formula is C34H26O10. The largest absolute Gasteiger partial charge is 0.507 e. The highest BCUT2D eigenvalue weighted by molar-refractivity contribution is 5.94. The molecule has 0 saturated carbocycles. The van der Waals surface area contributed by atoms with Crippen molar-refractivity contribution in [2.24, 2.45) is 0 Å². The van der Waals surface area contributed by atoms with Gasteiger partial charge in [-0.15, -0.1) is 0 Å². The lowest BCUT2D eigenvalue weighted by molar-refractivity contribution is -0.135. The number of hydrogen-bond donors (Lipinski definition) is 4. The number of aromatic hydroxyl groups is 4. The molecule has 10 heteroatoms. The van der Waals surface area contributed by atoms with E-state index in [0.29, 0.717) is 36.5 Å². The van der Waals surface area contributed by atoms with E-state index in [-0.39, 0.29) is 34.5 Å². The summed E-state index contributed by atoms with van der Waals surface area (Å²) in [5.41, 5.74) is 2.43. The Kier molecular flexibility index (Phi) is 6.54. The number of rotatable bonds is 6. The van der Waals surface area contributed by atoms with Crippen molar-refractivity contribution in [3.8, 4) is 51.6 Å². The minimum Gasteiger partial charge on any atom is -0.507 e. The third-order valence-corrected chi connectivity index (χ3v) is 7.98. The number of fused-ring (bicyclic) bond motifs is 4. The zero-order chi connectivity index (χ0) is 30.5. The second-order valence-corrected chi connectivity index (χ2v) is 10.8. The minimum absolute atomic E-state index is 0.0107. The van der Waals surface area contributed by atoms with Gasteiger partial charge in [-0.2, -0.15) is 0 Å². The van der Waals surface area contributed by atoms with Gasteiger partial charge in [0.2, 0.25) is 11.2 Å². The highest BCUT2D eigenvalue weighted by Gasteiger charge is 2.34. The fourth-order valence-electron chi connectivity index (χ4n) is 5.83. The Morgan fingerprint density at radius 2 is 1.73 bits per heavy atom. The van der Waals surface area contributed by atoms with E-state index in [0.717, 1.165) is 29.9 Å². The van der Waals surface area contributed by atoms with Gasteiger partial charge in [0.15, 0.2) is 17.3 Å². The number of esters is 1. The van der Waals surface area contributed by atoms with Crippen LogP contribution in [0.3, 0.4) is 0 Å². The van der Waals surface area contributed by atoms with E-state index in [1.165, 1.54) is 17.7 Å². The minimum atomic E-state index is -0.917. The molecule has 2 aliphatic rings. The topological polar surface area (TPSA) is 156 Å². The van der Waals surface area contributed by atoms with Crippen LogP contribution in [0.2, 0.25) is 0 Å². The van der Waals surface area contributed by atoms with Crippen molar-refractivity contribution in [1.82, 2.24) is 0 Å². The maximum absolute atomic E-state index is 13.3. The van der Waals surface area contributed by atoms with Gasteiger partial charge < -0.3 is 39.1 Å². The Labute approximate surface area is 249 Å². The molecule has 0 amide bonds. The predicted octanol–water partition coefficient (Wildman–Crippen LogP) is 5.28. The zero-order valence-corrected chi connectivity index (χ0v) is 23.2. The molecule has 1 aromatic heterocycles. The molecular weight excluding hydrogens is 568 g/mol. The van der Waals surface area contributed by atoms with Crippen LogP contribution in [0, 0.1) is 0 Å². The van der Waals surface area contributed by atoms with Crippen LogP contribution >= 0.6 is 0 Å². The van der Waals surface area contributed by atoms with Crippen LogP contribution < -0.4 is 19.6 Å². The number of hydrogen-bond acceptors (Lipinski definition) is 10. The summed E-state index contributed by atoms with van der Waals surface area (Å²) >= 11 is 0. The number of benzene rings is 4. The molecule has 222 valence electrons. The normalized spacial score (nSPS) is 15.4. The summed E-state index contributed by atoms with van der Waals surface area (Å²) < 4.78 is 23.2. The molecule has 0 fully saturated rings. The van der Waals surface area contributed by atoms with E-state index in [2.05, 4.69) is 6.07 Å². The van der Waals surface area contributed by atoms with Crippen LogP contribution in [0.1, 0.15) is 34.6 Å². The van der Waals surface area contributed by atoms with E-state index in [1.807, 2.05) is 24.3 Å². The van der Waals surface area contributed by atoms with Crippen molar-refractivity contribution in [2.75, 3.05) is 13.2 Å². The smallest absolute Gasteiger partial charge is 0.312 e. The van der Waals surface area contributed by atoms with Gasteiger partial charge in [0, 0.05) is 36.0 Å². The molecule has 5 aromatic rings. The molecule has 4 N–H and O–H groups in total. The number of phenolic OH excluding ortho intramolecular Hbond substituents is 3. The molecule has 0 saturated heterocycles. The lowest BCUT2D eigenvalue weighted by Gasteiger charge is -2.26. The number of ether oxygens (including phenoxy) is 3. The van der Waals surface area contributed by atoms with Gasteiger partial charge in [0.25, 0.3) is 0 Å². The maximum Gasteiger partial charge on any atom is 0.312 e.